The first kappa shape index (κ1) is 27.6. The van der Waals surface area contributed by atoms with Crippen molar-refractivity contribution in [3.8, 4) is 5.75 Å². The van der Waals surface area contributed by atoms with Crippen molar-refractivity contribution < 1.29 is 19.7 Å². The Morgan fingerprint density at radius 3 is 2.53 bits per heavy atom. The van der Waals surface area contributed by atoms with Crippen LogP contribution >= 0.6 is 0 Å². The van der Waals surface area contributed by atoms with Crippen LogP contribution < -0.4 is 10.2 Å². The SMILES string of the molecule is COc1ccc(/C=N\NC(=O)CC[C@H](C)[C@@H]2CC[C@@H]3[C@H]4[C@H](O)C[C@H]5C[C@@H](O)CC[C@]5(C)[C@@H]4CC[C@@]32C)cc1. The van der Waals surface area contributed by atoms with Crippen LogP contribution in [0.5, 0.6) is 5.75 Å². The molecule has 0 heterocycles. The number of hydrogen-bond acceptors (Lipinski definition) is 5. The lowest BCUT2D eigenvalue weighted by Crippen LogP contribution is -2.58. The molecule has 1 aromatic carbocycles. The van der Waals surface area contributed by atoms with E-state index >= 15 is 0 Å². The Labute approximate surface area is 228 Å². The van der Waals surface area contributed by atoms with Gasteiger partial charge in [-0.2, -0.15) is 5.10 Å². The molecule has 38 heavy (non-hydrogen) atoms. The number of methoxy groups -OCH3 is 1. The Balaban J connectivity index is 1.17. The van der Waals surface area contributed by atoms with E-state index in [0.29, 0.717) is 41.9 Å². The van der Waals surface area contributed by atoms with E-state index in [4.69, 9.17) is 4.74 Å². The van der Waals surface area contributed by atoms with Crippen LogP contribution in [0.1, 0.15) is 90.5 Å². The minimum atomic E-state index is -0.239. The molecule has 0 saturated heterocycles. The standard InChI is InChI=1S/C32H48N2O4/c1-20(5-12-29(37)34-33-19-21-6-8-24(38-4)9-7-21)25-10-11-26-30-27(14-16-32(25,26)3)31(2)15-13-23(35)17-22(31)18-28(30)36/h6-9,19-20,22-23,25-28,30,35-36H,5,10-18H2,1-4H3,(H,34,37)/b33-19-/t20-,22+,23-,25-,26+,27+,28+,30+,31-,32+/m0/s1. The molecule has 6 heteroatoms. The number of fused-ring (bicyclic) bond motifs is 5. The molecular weight excluding hydrogens is 476 g/mol. The van der Waals surface area contributed by atoms with Crippen LogP contribution in [0.25, 0.3) is 0 Å². The highest BCUT2D eigenvalue weighted by Crippen LogP contribution is 2.68. The summed E-state index contributed by atoms with van der Waals surface area (Å²) in [5, 5.41) is 25.9. The maximum Gasteiger partial charge on any atom is 0.240 e. The maximum atomic E-state index is 12.5. The Bertz CT molecular complexity index is 1010. The number of aliphatic hydroxyl groups is 2. The first-order valence-corrected chi connectivity index (χ1v) is 15.0. The van der Waals surface area contributed by atoms with E-state index in [1.54, 1.807) is 13.3 Å². The monoisotopic (exact) mass is 524 g/mol. The van der Waals surface area contributed by atoms with Crippen molar-refractivity contribution >= 4 is 12.1 Å². The van der Waals surface area contributed by atoms with Crippen molar-refractivity contribution in [2.45, 2.75) is 97.2 Å². The minimum Gasteiger partial charge on any atom is -0.497 e. The van der Waals surface area contributed by atoms with E-state index in [0.717, 1.165) is 43.4 Å². The number of amides is 1. The van der Waals surface area contributed by atoms with Crippen molar-refractivity contribution in [1.29, 1.82) is 0 Å². The van der Waals surface area contributed by atoms with Crippen LogP contribution in [0.3, 0.4) is 0 Å². The third-order valence-corrected chi connectivity index (χ3v) is 11.8. The highest BCUT2D eigenvalue weighted by atomic mass is 16.5. The Morgan fingerprint density at radius 2 is 1.79 bits per heavy atom. The van der Waals surface area contributed by atoms with Gasteiger partial charge in [-0.1, -0.05) is 20.8 Å². The smallest absolute Gasteiger partial charge is 0.240 e. The summed E-state index contributed by atoms with van der Waals surface area (Å²) in [6, 6.07) is 7.56. The second-order valence-corrected chi connectivity index (χ2v) is 13.5. The van der Waals surface area contributed by atoms with Crippen LogP contribution in [0.4, 0.5) is 0 Å². The summed E-state index contributed by atoms with van der Waals surface area (Å²) in [4.78, 5) is 12.5. The van der Waals surface area contributed by atoms with Gasteiger partial charge in [0.05, 0.1) is 25.5 Å². The van der Waals surface area contributed by atoms with E-state index in [-0.39, 0.29) is 28.9 Å². The number of nitrogens with zero attached hydrogens (tertiary/aromatic N) is 1. The maximum absolute atomic E-state index is 12.5. The van der Waals surface area contributed by atoms with Gasteiger partial charge in [0.25, 0.3) is 0 Å². The van der Waals surface area contributed by atoms with E-state index < -0.39 is 0 Å². The van der Waals surface area contributed by atoms with Gasteiger partial charge < -0.3 is 14.9 Å². The van der Waals surface area contributed by atoms with Crippen LogP contribution in [-0.2, 0) is 4.79 Å². The van der Waals surface area contributed by atoms with Crippen LogP contribution in [0.2, 0.25) is 0 Å². The van der Waals surface area contributed by atoms with Gasteiger partial charge in [-0.15, -0.1) is 0 Å². The molecule has 5 rings (SSSR count). The molecule has 1 aromatic rings. The molecule has 3 N–H and O–H groups in total. The van der Waals surface area contributed by atoms with Gasteiger partial charge in [0.1, 0.15) is 5.75 Å². The zero-order chi connectivity index (χ0) is 27.1. The lowest BCUT2D eigenvalue weighted by Gasteiger charge is -2.62. The quantitative estimate of drug-likeness (QED) is 0.322. The van der Waals surface area contributed by atoms with Gasteiger partial charge >= 0.3 is 0 Å². The molecule has 4 fully saturated rings. The van der Waals surface area contributed by atoms with Crippen LogP contribution in [0, 0.1) is 46.3 Å². The average Bonchev–Trinajstić information content (AvgIpc) is 3.26. The number of hydrogen-bond donors (Lipinski definition) is 3. The third-order valence-electron chi connectivity index (χ3n) is 11.8. The molecule has 0 aromatic heterocycles. The summed E-state index contributed by atoms with van der Waals surface area (Å²) in [5.74, 6) is 3.79. The predicted molar refractivity (Wildman–Crippen MR) is 150 cm³/mol. The lowest BCUT2D eigenvalue weighted by molar-refractivity contribution is -0.174. The molecule has 0 radical (unpaired) electrons. The second-order valence-electron chi connectivity index (χ2n) is 13.5. The average molecular weight is 525 g/mol. The fourth-order valence-corrected chi connectivity index (χ4v) is 9.66. The first-order chi connectivity index (χ1) is 18.2. The molecule has 10 atom stereocenters. The van der Waals surface area contributed by atoms with Gasteiger partial charge in [-0.25, -0.2) is 5.43 Å². The van der Waals surface area contributed by atoms with Crippen LogP contribution in [0.15, 0.2) is 29.4 Å². The third kappa shape index (κ3) is 5.03. The first-order valence-electron chi connectivity index (χ1n) is 15.0. The normalized spacial score (nSPS) is 41.2. The van der Waals surface area contributed by atoms with Crippen molar-refractivity contribution in [1.82, 2.24) is 5.43 Å². The summed E-state index contributed by atoms with van der Waals surface area (Å²) in [7, 11) is 1.64. The molecular formula is C32H48N2O4. The van der Waals surface area contributed by atoms with Crippen molar-refractivity contribution in [3.05, 3.63) is 29.8 Å². The molecule has 4 aliphatic carbocycles. The fraction of sp³-hybridized carbons (Fsp3) is 0.750. The van der Waals surface area contributed by atoms with Crippen molar-refractivity contribution in [3.63, 3.8) is 0 Å². The summed E-state index contributed by atoms with van der Waals surface area (Å²) >= 11 is 0. The van der Waals surface area contributed by atoms with Gasteiger partial charge in [-0.3, -0.25) is 4.79 Å². The highest BCUT2D eigenvalue weighted by Gasteiger charge is 2.62. The van der Waals surface area contributed by atoms with Crippen LogP contribution in [-0.4, -0.2) is 41.7 Å². The zero-order valence-electron chi connectivity index (χ0n) is 23.7. The molecule has 0 spiro atoms. The number of rotatable bonds is 7. The fourth-order valence-electron chi connectivity index (χ4n) is 9.66. The summed E-state index contributed by atoms with van der Waals surface area (Å²) in [6.07, 6.45) is 11.2. The number of hydrazone groups is 1. The predicted octanol–water partition coefficient (Wildman–Crippen LogP) is 5.55. The van der Waals surface area contributed by atoms with E-state index in [1.807, 2.05) is 24.3 Å². The molecule has 6 nitrogen and oxygen atoms in total. The number of aliphatic hydroxyl groups excluding tert-OH is 2. The van der Waals surface area contributed by atoms with E-state index in [1.165, 1.54) is 25.7 Å². The summed E-state index contributed by atoms with van der Waals surface area (Å²) < 4.78 is 5.17. The van der Waals surface area contributed by atoms with Crippen molar-refractivity contribution in [2.24, 2.45) is 51.4 Å². The lowest BCUT2D eigenvalue weighted by atomic mass is 9.43. The Morgan fingerprint density at radius 1 is 1.08 bits per heavy atom. The molecule has 210 valence electrons. The molecule has 4 saturated carbocycles. The minimum absolute atomic E-state index is 0.0359. The highest BCUT2D eigenvalue weighted by molar-refractivity contribution is 5.82. The molecule has 0 aliphatic heterocycles. The number of benzene rings is 1. The van der Waals surface area contributed by atoms with E-state index in [9.17, 15) is 15.0 Å². The summed E-state index contributed by atoms with van der Waals surface area (Å²) in [5.41, 5.74) is 4.11. The molecule has 1 amide bonds. The van der Waals surface area contributed by atoms with Gasteiger partial charge in [0.15, 0.2) is 0 Å². The number of carbonyl (C=O) groups excluding carboxylic acids is 1. The van der Waals surface area contributed by atoms with E-state index in [2.05, 4.69) is 31.3 Å². The largest absolute Gasteiger partial charge is 0.497 e. The molecule has 4 aliphatic rings. The molecule has 0 unspecified atom stereocenters. The zero-order valence-corrected chi connectivity index (χ0v) is 23.7. The summed E-state index contributed by atoms with van der Waals surface area (Å²) in [6.45, 7) is 7.29. The van der Waals surface area contributed by atoms with Gasteiger partial charge in [0.2, 0.25) is 5.91 Å². The van der Waals surface area contributed by atoms with Gasteiger partial charge in [0, 0.05) is 6.42 Å². The second kappa shape index (κ2) is 10.9. The Kier molecular flexibility index (Phi) is 7.94. The van der Waals surface area contributed by atoms with Gasteiger partial charge in [-0.05, 0) is 134 Å². The topological polar surface area (TPSA) is 91.2 Å². The number of ether oxygens (including phenoxy) is 1. The number of nitrogens with one attached hydrogen (secondary N) is 1. The van der Waals surface area contributed by atoms with Crippen molar-refractivity contribution in [2.75, 3.05) is 7.11 Å². The Hall–Kier alpha value is -1.92. The number of carbonyl (C=O) groups is 1. The molecule has 0 bridgehead atoms.